The standard InChI is InChI=1S/C13H19NOS/c1-10(15)11-3-5-12(6-4-11)14(2)13-7-8-16-9-13/h3-6,10,13,15H,7-9H2,1-2H3. The molecule has 2 rings (SSSR count). The first-order chi connectivity index (χ1) is 7.68. The zero-order valence-electron chi connectivity index (χ0n) is 9.89. The largest absolute Gasteiger partial charge is 0.389 e. The fourth-order valence-corrected chi connectivity index (χ4v) is 3.29. The van der Waals surface area contributed by atoms with Gasteiger partial charge in [-0.15, -0.1) is 0 Å². The molecule has 0 radical (unpaired) electrons. The van der Waals surface area contributed by atoms with Gasteiger partial charge in [0.15, 0.2) is 0 Å². The van der Waals surface area contributed by atoms with Crippen LogP contribution in [0.2, 0.25) is 0 Å². The van der Waals surface area contributed by atoms with Crippen molar-refractivity contribution in [2.75, 3.05) is 23.5 Å². The van der Waals surface area contributed by atoms with Crippen molar-refractivity contribution in [3.05, 3.63) is 29.8 Å². The summed E-state index contributed by atoms with van der Waals surface area (Å²) < 4.78 is 0. The van der Waals surface area contributed by atoms with E-state index >= 15 is 0 Å². The van der Waals surface area contributed by atoms with Crippen LogP contribution in [-0.2, 0) is 0 Å². The van der Waals surface area contributed by atoms with E-state index in [1.54, 1.807) is 6.92 Å². The molecule has 0 amide bonds. The summed E-state index contributed by atoms with van der Waals surface area (Å²) in [5.41, 5.74) is 2.23. The van der Waals surface area contributed by atoms with Crippen molar-refractivity contribution in [2.24, 2.45) is 0 Å². The minimum Gasteiger partial charge on any atom is -0.389 e. The third-order valence-electron chi connectivity index (χ3n) is 3.24. The van der Waals surface area contributed by atoms with Crippen LogP contribution in [0.4, 0.5) is 5.69 Å². The number of hydrogen-bond acceptors (Lipinski definition) is 3. The molecule has 1 aromatic rings. The Morgan fingerprint density at radius 3 is 2.56 bits per heavy atom. The lowest BCUT2D eigenvalue weighted by atomic mass is 10.1. The zero-order chi connectivity index (χ0) is 11.5. The molecule has 16 heavy (non-hydrogen) atoms. The fourth-order valence-electron chi connectivity index (χ4n) is 2.03. The number of rotatable bonds is 3. The Labute approximate surface area is 102 Å². The van der Waals surface area contributed by atoms with Gasteiger partial charge in [0.2, 0.25) is 0 Å². The quantitative estimate of drug-likeness (QED) is 0.874. The molecule has 0 aliphatic carbocycles. The van der Waals surface area contributed by atoms with E-state index in [1.165, 1.54) is 23.6 Å². The molecule has 1 saturated heterocycles. The van der Waals surface area contributed by atoms with E-state index in [4.69, 9.17) is 0 Å². The first kappa shape index (κ1) is 11.8. The van der Waals surface area contributed by atoms with Crippen LogP contribution in [0.15, 0.2) is 24.3 Å². The number of hydrogen-bond donors (Lipinski definition) is 1. The van der Waals surface area contributed by atoms with Crippen LogP contribution in [0, 0.1) is 0 Å². The molecule has 2 atom stereocenters. The van der Waals surface area contributed by atoms with Crippen molar-refractivity contribution in [1.29, 1.82) is 0 Å². The van der Waals surface area contributed by atoms with Gasteiger partial charge in [0.05, 0.1) is 6.10 Å². The van der Waals surface area contributed by atoms with Crippen LogP contribution >= 0.6 is 11.8 Å². The lowest BCUT2D eigenvalue weighted by Gasteiger charge is -2.26. The minimum absolute atomic E-state index is 0.374. The number of benzene rings is 1. The van der Waals surface area contributed by atoms with Gasteiger partial charge < -0.3 is 10.0 Å². The Kier molecular flexibility index (Phi) is 3.77. The van der Waals surface area contributed by atoms with E-state index in [-0.39, 0.29) is 6.10 Å². The number of aliphatic hydroxyl groups is 1. The van der Waals surface area contributed by atoms with Crippen LogP contribution in [-0.4, -0.2) is 29.7 Å². The van der Waals surface area contributed by atoms with Crippen LogP contribution in [0.3, 0.4) is 0 Å². The van der Waals surface area contributed by atoms with Crippen LogP contribution in [0.25, 0.3) is 0 Å². The van der Waals surface area contributed by atoms with Crippen molar-refractivity contribution in [3.8, 4) is 0 Å². The summed E-state index contributed by atoms with van der Waals surface area (Å²) in [7, 11) is 2.16. The third kappa shape index (κ3) is 2.53. The predicted octanol–water partition coefficient (Wildman–Crippen LogP) is 2.68. The molecule has 0 aromatic heterocycles. The normalized spacial score (nSPS) is 22.1. The molecule has 1 aromatic carbocycles. The van der Waals surface area contributed by atoms with Crippen LogP contribution in [0.5, 0.6) is 0 Å². The van der Waals surface area contributed by atoms with Gasteiger partial charge in [-0.2, -0.15) is 11.8 Å². The Hall–Kier alpha value is -0.670. The van der Waals surface area contributed by atoms with Gasteiger partial charge in [-0.05, 0) is 36.8 Å². The second kappa shape index (κ2) is 5.11. The number of aliphatic hydroxyl groups excluding tert-OH is 1. The van der Waals surface area contributed by atoms with Crippen LogP contribution in [0.1, 0.15) is 25.0 Å². The molecular formula is C13H19NOS. The Morgan fingerprint density at radius 2 is 2.06 bits per heavy atom. The van der Waals surface area contributed by atoms with Gasteiger partial charge >= 0.3 is 0 Å². The zero-order valence-corrected chi connectivity index (χ0v) is 10.7. The summed E-state index contributed by atoms with van der Waals surface area (Å²) in [6.07, 6.45) is 0.903. The maximum atomic E-state index is 9.45. The molecular weight excluding hydrogens is 218 g/mol. The molecule has 0 spiro atoms. The molecule has 1 aliphatic heterocycles. The summed E-state index contributed by atoms with van der Waals surface area (Å²) in [5.74, 6) is 2.51. The SMILES string of the molecule is CC(O)c1ccc(N(C)C2CCSC2)cc1. The van der Waals surface area contributed by atoms with E-state index in [9.17, 15) is 5.11 Å². The summed E-state index contributed by atoms with van der Waals surface area (Å²) in [5, 5.41) is 9.45. The monoisotopic (exact) mass is 237 g/mol. The topological polar surface area (TPSA) is 23.5 Å². The van der Waals surface area contributed by atoms with Crippen molar-refractivity contribution in [3.63, 3.8) is 0 Å². The number of nitrogens with zero attached hydrogens (tertiary/aromatic N) is 1. The lowest BCUT2D eigenvalue weighted by Crippen LogP contribution is -2.31. The molecule has 88 valence electrons. The van der Waals surface area contributed by atoms with Crippen molar-refractivity contribution in [2.45, 2.75) is 25.5 Å². The van der Waals surface area contributed by atoms with E-state index in [0.29, 0.717) is 6.04 Å². The molecule has 0 bridgehead atoms. The number of anilines is 1. The van der Waals surface area contributed by atoms with Crippen molar-refractivity contribution < 1.29 is 5.11 Å². The maximum absolute atomic E-state index is 9.45. The van der Waals surface area contributed by atoms with Crippen LogP contribution < -0.4 is 4.90 Å². The fraction of sp³-hybridized carbons (Fsp3) is 0.538. The smallest absolute Gasteiger partial charge is 0.0761 e. The number of thioether (sulfide) groups is 1. The summed E-state index contributed by atoms with van der Waals surface area (Å²) >= 11 is 2.03. The van der Waals surface area contributed by atoms with Gasteiger partial charge in [0, 0.05) is 24.5 Å². The van der Waals surface area contributed by atoms with Gasteiger partial charge in [-0.25, -0.2) is 0 Å². The molecule has 1 aliphatic rings. The molecule has 2 unspecified atom stereocenters. The van der Waals surface area contributed by atoms with E-state index in [1.807, 2.05) is 23.9 Å². The average Bonchev–Trinajstić information content (AvgIpc) is 2.81. The molecule has 1 heterocycles. The van der Waals surface area contributed by atoms with E-state index < -0.39 is 0 Å². The highest BCUT2D eigenvalue weighted by molar-refractivity contribution is 7.99. The average molecular weight is 237 g/mol. The van der Waals surface area contributed by atoms with Gasteiger partial charge in [-0.3, -0.25) is 0 Å². The highest BCUT2D eigenvalue weighted by Gasteiger charge is 2.20. The summed E-state index contributed by atoms with van der Waals surface area (Å²) in [6.45, 7) is 1.80. The van der Waals surface area contributed by atoms with Gasteiger partial charge in [0.25, 0.3) is 0 Å². The Morgan fingerprint density at radius 1 is 1.38 bits per heavy atom. The maximum Gasteiger partial charge on any atom is 0.0761 e. The Balaban J connectivity index is 2.08. The second-order valence-electron chi connectivity index (χ2n) is 4.40. The molecule has 1 fully saturated rings. The first-order valence-electron chi connectivity index (χ1n) is 5.77. The second-order valence-corrected chi connectivity index (χ2v) is 5.55. The Bertz CT molecular complexity index is 330. The third-order valence-corrected chi connectivity index (χ3v) is 4.38. The highest BCUT2D eigenvalue weighted by Crippen LogP contribution is 2.26. The van der Waals surface area contributed by atoms with Crippen molar-refractivity contribution in [1.82, 2.24) is 0 Å². The van der Waals surface area contributed by atoms with Gasteiger partial charge in [0.1, 0.15) is 0 Å². The molecule has 1 N–H and O–H groups in total. The summed E-state index contributed by atoms with van der Waals surface area (Å²) in [4.78, 5) is 2.35. The first-order valence-corrected chi connectivity index (χ1v) is 6.92. The predicted molar refractivity (Wildman–Crippen MR) is 71.2 cm³/mol. The highest BCUT2D eigenvalue weighted by atomic mass is 32.2. The molecule has 3 heteroatoms. The lowest BCUT2D eigenvalue weighted by molar-refractivity contribution is 0.199. The molecule has 0 saturated carbocycles. The minimum atomic E-state index is -0.374. The van der Waals surface area contributed by atoms with Gasteiger partial charge in [-0.1, -0.05) is 12.1 Å². The van der Waals surface area contributed by atoms with E-state index in [2.05, 4.69) is 24.1 Å². The molecule has 2 nitrogen and oxygen atoms in total. The van der Waals surface area contributed by atoms with E-state index in [0.717, 1.165) is 5.56 Å². The van der Waals surface area contributed by atoms with Crippen molar-refractivity contribution >= 4 is 17.4 Å². The summed E-state index contributed by atoms with van der Waals surface area (Å²) in [6, 6.07) is 8.90.